The zero-order valence-electron chi connectivity index (χ0n) is 14.6. The number of thioether (sulfide) groups is 1. The van der Waals surface area contributed by atoms with Gasteiger partial charge in [-0.2, -0.15) is 0 Å². The molecule has 2 aliphatic rings. The van der Waals surface area contributed by atoms with E-state index in [1.807, 2.05) is 30.1 Å². The highest BCUT2D eigenvalue weighted by Gasteiger charge is 2.32. The van der Waals surface area contributed by atoms with Gasteiger partial charge in [0.05, 0.1) is 10.8 Å². The van der Waals surface area contributed by atoms with Gasteiger partial charge >= 0.3 is 0 Å². The summed E-state index contributed by atoms with van der Waals surface area (Å²) in [5, 5.41) is 9.96. The third kappa shape index (κ3) is 3.99. The zero-order valence-corrected chi connectivity index (χ0v) is 16.2. The Morgan fingerprint density at radius 1 is 1.31 bits per heavy atom. The monoisotopic (exact) mass is 392 g/mol. The fraction of sp³-hybridized carbons (Fsp3) is 0.500. The maximum Gasteiger partial charge on any atom is 0.233 e. The van der Waals surface area contributed by atoms with Crippen LogP contribution in [0.15, 0.2) is 29.4 Å². The molecule has 138 valence electrons. The molecular formula is C18H21ClN4O2S. The molecule has 0 unspecified atom stereocenters. The van der Waals surface area contributed by atoms with Gasteiger partial charge in [0.15, 0.2) is 11.0 Å². The molecule has 0 spiro atoms. The molecule has 2 aliphatic carbocycles. The average Bonchev–Trinajstić information content (AvgIpc) is 3.56. The summed E-state index contributed by atoms with van der Waals surface area (Å²) in [5.74, 6) is 1.95. The summed E-state index contributed by atoms with van der Waals surface area (Å²) >= 11 is 7.60. The highest BCUT2D eigenvalue weighted by Crippen LogP contribution is 2.39. The van der Waals surface area contributed by atoms with Crippen molar-refractivity contribution in [2.75, 3.05) is 12.8 Å². The van der Waals surface area contributed by atoms with Gasteiger partial charge in [0.1, 0.15) is 12.4 Å². The maximum atomic E-state index is 12.3. The number of hydrogen-bond donors (Lipinski definition) is 0. The van der Waals surface area contributed by atoms with Crippen molar-refractivity contribution in [3.05, 3.63) is 35.1 Å². The third-order valence-electron chi connectivity index (χ3n) is 4.65. The molecule has 2 fully saturated rings. The third-order valence-corrected chi connectivity index (χ3v) is 5.89. The van der Waals surface area contributed by atoms with Crippen LogP contribution in [0, 0.1) is 0 Å². The van der Waals surface area contributed by atoms with Crippen molar-refractivity contribution in [1.29, 1.82) is 0 Å². The Bertz CT molecular complexity index is 804. The van der Waals surface area contributed by atoms with Crippen LogP contribution in [0.25, 0.3) is 0 Å². The molecule has 0 bridgehead atoms. The molecule has 8 heteroatoms. The molecule has 0 radical (unpaired) electrons. The van der Waals surface area contributed by atoms with Gasteiger partial charge in [-0.1, -0.05) is 35.5 Å². The first-order valence-electron chi connectivity index (χ1n) is 8.83. The van der Waals surface area contributed by atoms with E-state index in [9.17, 15) is 4.79 Å². The smallest absolute Gasteiger partial charge is 0.233 e. The number of benzene rings is 1. The van der Waals surface area contributed by atoms with Crippen LogP contribution < -0.4 is 4.74 Å². The van der Waals surface area contributed by atoms with E-state index in [1.165, 1.54) is 11.8 Å². The summed E-state index contributed by atoms with van der Waals surface area (Å²) in [6.07, 6.45) is 4.46. The van der Waals surface area contributed by atoms with E-state index >= 15 is 0 Å². The van der Waals surface area contributed by atoms with Gasteiger partial charge in [-0.25, -0.2) is 0 Å². The molecular weight excluding hydrogens is 372 g/mol. The standard InChI is InChI=1S/C18H21ClN4O2S/c1-22(12-6-7-12)17(24)11-26-18-21-20-16(23(18)13-8-9-13)10-25-15-5-3-2-4-14(15)19/h2-5,12-13H,6-11H2,1H3. The Balaban J connectivity index is 1.41. The van der Waals surface area contributed by atoms with E-state index in [4.69, 9.17) is 16.3 Å². The van der Waals surface area contributed by atoms with Gasteiger partial charge in [0.2, 0.25) is 5.91 Å². The number of amides is 1. The Labute approximate surface area is 161 Å². The molecule has 1 heterocycles. The lowest BCUT2D eigenvalue weighted by Crippen LogP contribution is -2.30. The molecule has 0 N–H and O–H groups in total. The van der Waals surface area contributed by atoms with Crippen molar-refractivity contribution >= 4 is 29.3 Å². The lowest BCUT2D eigenvalue weighted by atomic mass is 10.3. The lowest BCUT2D eigenvalue weighted by Gasteiger charge is -2.16. The molecule has 2 aromatic rings. The van der Waals surface area contributed by atoms with Gasteiger partial charge in [0, 0.05) is 19.1 Å². The summed E-state index contributed by atoms with van der Waals surface area (Å²) in [4.78, 5) is 14.1. The Hall–Kier alpha value is -1.73. The molecule has 26 heavy (non-hydrogen) atoms. The van der Waals surface area contributed by atoms with Gasteiger partial charge < -0.3 is 9.64 Å². The maximum absolute atomic E-state index is 12.3. The van der Waals surface area contributed by atoms with E-state index in [0.717, 1.165) is 36.7 Å². The van der Waals surface area contributed by atoms with Crippen LogP contribution in [0.1, 0.15) is 37.5 Å². The Kier molecular flexibility index (Phi) is 5.09. The number of halogens is 1. The molecule has 2 saturated carbocycles. The number of nitrogens with zero attached hydrogens (tertiary/aromatic N) is 4. The first kappa shape index (κ1) is 17.7. The van der Waals surface area contributed by atoms with Crippen molar-refractivity contribution in [2.45, 2.75) is 49.5 Å². The summed E-state index contributed by atoms with van der Waals surface area (Å²) in [5.41, 5.74) is 0. The summed E-state index contributed by atoms with van der Waals surface area (Å²) in [6, 6.07) is 8.23. The van der Waals surface area contributed by atoms with Crippen molar-refractivity contribution in [3.8, 4) is 5.75 Å². The molecule has 1 aromatic heterocycles. The van der Waals surface area contributed by atoms with Crippen LogP contribution in [0.2, 0.25) is 5.02 Å². The van der Waals surface area contributed by atoms with Crippen molar-refractivity contribution in [2.24, 2.45) is 0 Å². The minimum atomic E-state index is 0.150. The Morgan fingerprint density at radius 3 is 2.77 bits per heavy atom. The van der Waals surface area contributed by atoms with Gasteiger partial charge in [-0.3, -0.25) is 9.36 Å². The number of carbonyl (C=O) groups is 1. The van der Waals surface area contributed by atoms with E-state index < -0.39 is 0 Å². The topological polar surface area (TPSA) is 60.3 Å². The quantitative estimate of drug-likeness (QED) is 0.643. The van der Waals surface area contributed by atoms with Crippen molar-refractivity contribution < 1.29 is 9.53 Å². The fourth-order valence-corrected chi connectivity index (χ4v) is 3.94. The number of carbonyl (C=O) groups excluding carboxylic acids is 1. The molecule has 0 saturated heterocycles. The predicted octanol–water partition coefficient (Wildman–Crippen LogP) is 3.56. The van der Waals surface area contributed by atoms with E-state index in [-0.39, 0.29) is 5.91 Å². The summed E-state index contributed by atoms with van der Waals surface area (Å²) in [6.45, 7) is 0.309. The normalized spacial score (nSPS) is 16.5. The molecule has 0 atom stereocenters. The number of ether oxygens (including phenoxy) is 1. The molecule has 0 aliphatic heterocycles. The van der Waals surface area contributed by atoms with Crippen LogP contribution >= 0.6 is 23.4 Å². The zero-order chi connectivity index (χ0) is 18.1. The van der Waals surface area contributed by atoms with E-state index in [0.29, 0.717) is 35.2 Å². The number of aromatic nitrogens is 3. The number of rotatable bonds is 8. The second kappa shape index (κ2) is 7.48. The van der Waals surface area contributed by atoms with Gasteiger partial charge in [-0.05, 0) is 37.8 Å². The minimum absolute atomic E-state index is 0.150. The first-order valence-corrected chi connectivity index (χ1v) is 10.2. The molecule has 4 rings (SSSR count). The van der Waals surface area contributed by atoms with Crippen molar-refractivity contribution in [3.63, 3.8) is 0 Å². The van der Waals surface area contributed by atoms with Crippen LogP contribution in [-0.4, -0.2) is 44.4 Å². The minimum Gasteiger partial charge on any atom is -0.484 e. The number of hydrogen-bond acceptors (Lipinski definition) is 5. The molecule has 1 aromatic carbocycles. The number of para-hydroxylation sites is 1. The average molecular weight is 393 g/mol. The van der Waals surface area contributed by atoms with Crippen LogP contribution in [-0.2, 0) is 11.4 Å². The molecule has 6 nitrogen and oxygen atoms in total. The van der Waals surface area contributed by atoms with Crippen LogP contribution in [0.4, 0.5) is 0 Å². The first-order chi connectivity index (χ1) is 12.6. The van der Waals surface area contributed by atoms with Crippen LogP contribution in [0.5, 0.6) is 5.75 Å². The van der Waals surface area contributed by atoms with E-state index in [2.05, 4.69) is 14.8 Å². The van der Waals surface area contributed by atoms with E-state index in [1.54, 1.807) is 6.07 Å². The summed E-state index contributed by atoms with van der Waals surface area (Å²) < 4.78 is 7.94. The molecule has 1 amide bonds. The van der Waals surface area contributed by atoms with Gasteiger partial charge in [0.25, 0.3) is 0 Å². The fourth-order valence-electron chi connectivity index (χ4n) is 2.80. The van der Waals surface area contributed by atoms with Gasteiger partial charge in [-0.15, -0.1) is 10.2 Å². The SMILES string of the molecule is CN(C(=O)CSc1nnc(COc2ccccc2Cl)n1C1CC1)C1CC1. The largest absolute Gasteiger partial charge is 0.484 e. The highest BCUT2D eigenvalue weighted by atomic mass is 35.5. The second-order valence-electron chi connectivity index (χ2n) is 6.74. The lowest BCUT2D eigenvalue weighted by molar-refractivity contribution is -0.127. The predicted molar refractivity (Wildman–Crippen MR) is 101 cm³/mol. The Morgan fingerprint density at radius 2 is 2.08 bits per heavy atom. The summed E-state index contributed by atoms with van der Waals surface area (Å²) in [7, 11) is 1.88. The second-order valence-corrected chi connectivity index (χ2v) is 8.09. The van der Waals surface area contributed by atoms with Crippen molar-refractivity contribution in [1.82, 2.24) is 19.7 Å². The van der Waals surface area contributed by atoms with Crippen LogP contribution in [0.3, 0.4) is 0 Å². The highest BCUT2D eigenvalue weighted by molar-refractivity contribution is 7.99.